The molecule has 2 N–H and O–H groups in total. The lowest BCUT2D eigenvalue weighted by Crippen LogP contribution is -2.29. The SMILES string of the molecule is CNS(=O)(=O)CCNCc1c(OC)nc2sccn12. The van der Waals surface area contributed by atoms with Gasteiger partial charge in [0.1, 0.15) is 5.69 Å². The number of thiazole rings is 1. The maximum absolute atomic E-state index is 11.3. The predicted octanol–water partition coefficient (Wildman–Crippen LogP) is 0.0432. The van der Waals surface area contributed by atoms with Crippen LogP contribution in [0.25, 0.3) is 4.96 Å². The van der Waals surface area contributed by atoms with Gasteiger partial charge in [0.15, 0.2) is 4.96 Å². The van der Waals surface area contributed by atoms with E-state index in [9.17, 15) is 8.42 Å². The number of hydrogen-bond donors (Lipinski definition) is 2. The van der Waals surface area contributed by atoms with Crippen LogP contribution in [0.2, 0.25) is 0 Å². The van der Waals surface area contributed by atoms with Crippen molar-refractivity contribution < 1.29 is 13.2 Å². The van der Waals surface area contributed by atoms with Crippen LogP contribution >= 0.6 is 11.3 Å². The van der Waals surface area contributed by atoms with E-state index >= 15 is 0 Å². The molecular weight excluding hydrogens is 288 g/mol. The summed E-state index contributed by atoms with van der Waals surface area (Å²) in [5.41, 5.74) is 0.889. The molecule has 0 fully saturated rings. The van der Waals surface area contributed by atoms with Gasteiger partial charge < -0.3 is 10.1 Å². The molecule has 106 valence electrons. The third-order valence-electron chi connectivity index (χ3n) is 2.67. The highest BCUT2D eigenvalue weighted by Gasteiger charge is 2.13. The first-order chi connectivity index (χ1) is 9.07. The number of sulfonamides is 1. The van der Waals surface area contributed by atoms with Crippen molar-refractivity contribution in [3.05, 3.63) is 17.3 Å². The highest BCUT2D eigenvalue weighted by Crippen LogP contribution is 2.22. The Morgan fingerprint density at radius 1 is 1.53 bits per heavy atom. The average Bonchev–Trinajstić information content (AvgIpc) is 2.95. The molecule has 0 unspecified atom stereocenters. The number of ether oxygens (including phenoxy) is 1. The van der Waals surface area contributed by atoms with E-state index in [-0.39, 0.29) is 5.75 Å². The van der Waals surface area contributed by atoms with E-state index in [0.29, 0.717) is 19.0 Å². The van der Waals surface area contributed by atoms with E-state index in [0.717, 1.165) is 10.7 Å². The van der Waals surface area contributed by atoms with Crippen LogP contribution < -0.4 is 14.8 Å². The second kappa shape index (κ2) is 5.87. The number of nitrogens with one attached hydrogen (secondary N) is 2. The Balaban J connectivity index is 1.99. The predicted molar refractivity (Wildman–Crippen MR) is 74.2 cm³/mol. The Bertz CT molecular complexity index is 647. The van der Waals surface area contributed by atoms with Crippen molar-refractivity contribution in [3.8, 4) is 5.88 Å². The van der Waals surface area contributed by atoms with Crippen molar-refractivity contribution in [2.24, 2.45) is 0 Å². The molecule has 0 aliphatic rings. The summed E-state index contributed by atoms with van der Waals surface area (Å²) in [5, 5.41) is 5.02. The zero-order valence-corrected chi connectivity index (χ0v) is 12.3. The number of methoxy groups -OCH3 is 1. The summed E-state index contributed by atoms with van der Waals surface area (Å²) in [4.78, 5) is 5.18. The second-order valence-corrected chi connectivity index (χ2v) is 6.74. The van der Waals surface area contributed by atoms with Gasteiger partial charge >= 0.3 is 0 Å². The van der Waals surface area contributed by atoms with E-state index in [1.165, 1.54) is 18.4 Å². The van der Waals surface area contributed by atoms with Crippen molar-refractivity contribution in [1.29, 1.82) is 0 Å². The number of fused-ring (bicyclic) bond motifs is 1. The fraction of sp³-hybridized carbons (Fsp3) is 0.500. The normalized spacial score (nSPS) is 12.1. The molecule has 7 nitrogen and oxygen atoms in total. The van der Waals surface area contributed by atoms with Crippen LogP contribution in [0.15, 0.2) is 11.6 Å². The molecule has 0 saturated heterocycles. The molecule has 0 bridgehead atoms. The smallest absolute Gasteiger partial charge is 0.237 e. The van der Waals surface area contributed by atoms with Crippen LogP contribution in [-0.4, -0.2) is 44.3 Å². The Morgan fingerprint density at radius 2 is 2.32 bits per heavy atom. The van der Waals surface area contributed by atoms with Crippen LogP contribution in [0.3, 0.4) is 0 Å². The number of rotatable bonds is 7. The first kappa shape index (κ1) is 14.3. The Kier molecular flexibility index (Phi) is 4.40. The molecule has 2 rings (SSSR count). The molecule has 2 heterocycles. The minimum atomic E-state index is -3.17. The summed E-state index contributed by atoms with van der Waals surface area (Å²) in [6.07, 6.45) is 1.91. The van der Waals surface area contributed by atoms with Crippen LogP contribution in [0.1, 0.15) is 5.69 Å². The quantitative estimate of drug-likeness (QED) is 0.706. The van der Waals surface area contributed by atoms with Crippen molar-refractivity contribution in [2.75, 3.05) is 26.5 Å². The molecule has 19 heavy (non-hydrogen) atoms. The van der Waals surface area contributed by atoms with Crippen molar-refractivity contribution in [1.82, 2.24) is 19.4 Å². The van der Waals surface area contributed by atoms with E-state index in [1.54, 1.807) is 7.11 Å². The fourth-order valence-corrected chi connectivity index (χ4v) is 2.99. The van der Waals surface area contributed by atoms with Gasteiger partial charge in [0, 0.05) is 24.7 Å². The summed E-state index contributed by atoms with van der Waals surface area (Å²) in [7, 11) is -0.194. The van der Waals surface area contributed by atoms with Gasteiger partial charge in [-0.1, -0.05) is 0 Å². The van der Waals surface area contributed by atoms with Crippen LogP contribution in [0.4, 0.5) is 0 Å². The zero-order valence-electron chi connectivity index (χ0n) is 10.7. The van der Waals surface area contributed by atoms with Crippen LogP contribution in [-0.2, 0) is 16.6 Å². The van der Waals surface area contributed by atoms with E-state index in [4.69, 9.17) is 4.74 Å². The Hall–Kier alpha value is -1.16. The molecule has 0 aliphatic heterocycles. The van der Waals surface area contributed by atoms with Gasteiger partial charge in [0.05, 0.1) is 12.9 Å². The molecule has 0 amide bonds. The van der Waals surface area contributed by atoms with Gasteiger partial charge in [0.25, 0.3) is 0 Å². The lowest BCUT2D eigenvalue weighted by molar-refractivity contribution is 0.393. The van der Waals surface area contributed by atoms with Gasteiger partial charge in [-0.05, 0) is 7.05 Å². The van der Waals surface area contributed by atoms with Crippen LogP contribution in [0, 0.1) is 0 Å². The third-order valence-corrected chi connectivity index (χ3v) is 4.79. The highest BCUT2D eigenvalue weighted by atomic mass is 32.2. The molecular formula is C10H16N4O3S2. The lowest BCUT2D eigenvalue weighted by Gasteiger charge is -2.06. The van der Waals surface area contributed by atoms with Crippen molar-refractivity contribution in [2.45, 2.75) is 6.54 Å². The summed E-state index contributed by atoms with van der Waals surface area (Å²) in [5.74, 6) is 0.605. The number of hydrogen-bond acceptors (Lipinski definition) is 6. The monoisotopic (exact) mass is 304 g/mol. The van der Waals surface area contributed by atoms with Gasteiger partial charge in [-0.15, -0.1) is 11.3 Å². The number of aromatic nitrogens is 2. The topological polar surface area (TPSA) is 84.7 Å². The van der Waals surface area contributed by atoms with E-state index in [1.807, 2.05) is 16.0 Å². The molecule has 0 radical (unpaired) electrons. The minimum absolute atomic E-state index is 0.0391. The maximum Gasteiger partial charge on any atom is 0.237 e. The van der Waals surface area contributed by atoms with Gasteiger partial charge in [0.2, 0.25) is 15.9 Å². The summed E-state index contributed by atoms with van der Waals surface area (Å²) in [6.45, 7) is 0.865. The number of imidazole rings is 1. The number of nitrogens with zero attached hydrogens (tertiary/aromatic N) is 2. The second-order valence-electron chi connectivity index (χ2n) is 3.82. The molecule has 0 aliphatic carbocycles. The fourth-order valence-electron chi connectivity index (χ4n) is 1.65. The average molecular weight is 304 g/mol. The van der Waals surface area contributed by atoms with E-state index < -0.39 is 10.0 Å². The van der Waals surface area contributed by atoms with Gasteiger partial charge in [-0.2, -0.15) is 4.98 Å². The Labute approximate surface area is 115 Å². The Morgan fingerprint density at radius 3 is 3.00 bits per heavy atom. The van der Waals surface area contributed by atoms with Gasteiger partial charge in [-0.25, -0.2) is 13.1 Å². The lowest BCUT2D eigenvalue weighted by atomic mass is 10.4. The summed E-state index contributed by atoms with van der Waals surface area (Å²) >= 11 is 1.52. The highest BCUT2D eigenvalue weighted by molar-refractivity contribution is 7.89. The maximum atomic E-state index is 11.3. The molecule has 0 atom stereocenters. The molecule has 9 heteroatoms. The summed E-state index contributed by atoms with van der Waals surface area (Å²) in [6, 6.07) is 0. The van der Waals surface area contributed by atoms with Crippen LogP contribution in [0.5, 0.6) is 5.88 Å². The minimum Gasteiger partial charge on any atom is -0.480 e. The zero-order chi connectivity index (χ0) is 13.9. The van der Waals surface area contributed by atoms with Crippen molar-refractivity contribution in [3.63, 3.8) is 0 Å². The molecule has 0 aromatic carbocycles. The van der Waals surface area contributed by atoms with Crippen molar-refractivity contribution >= 4 is 26.3 Å². The van der Waals surface area contributed by atoms with Gasteiger partial charge in [-0.3, -0.25) is 4.40 Å². The molecule has 0 spiro atoms. The molecule has 2 aromatic rings. The largest absolute Gasteiger partial charge is 0.480 e. The first-order valence-electron chi connectivity index (χ1n) is 5.67. The first-order valence-corrected chi connectivity index (χ1v) is 8.21. The molecule has 0 saturated carbocycles. The third kappa shape index (κ3) is 3.24. The standard InChI is InChI=1S/C10H16N4O3S2/c1-11-19(15,16)6-3-12-7-8-9(17-2)13-10-14(8)4-5-18-10/h4-5,11-12H,3,6-7H2,1-2H3. The molecule has 2 aromatic heterocycles. The summed E-state index contributed by atoms with van der Waals surface area (Å²) < 4.78 is 31.9. The van der Waals surface area contributed by atoms with E-state index in [2.05, 4.69) is 15.0 Å².